The summed E-state index contributed by atoms with van der Waals surface area (Å²) in [6.07, 6.45) is 66.3. The number of carbonyl (C=O) groups is 3. The number of unbranched alkanes of at least 4 members (excludes halogenated alkanes) is 49. The molecule has 0 saturated heterocycles. The summed E-state index contributed by atoms with van der Waals surface area (Å²) < 4.78 is 22.7. The van der Waals surface area contributed by atoms with Crippen molar-refractivity contribution >= 4 is 17.9 Å². The van der Waals surface area contributed by atoms with Gasteiger partial charge in [0.05, 0.1) is 40.3 Å². The van der Waals surface area contributed by atoms with E-state index in [-0.39, 0.29) is 32.2 Å². The SMILES string of the molecule is CCCCCCCCCCCCCCCCCCCCCCCCCCCCCCCCCCCCCCCC(=O)OC(COC(=O)CCCCCCCCCCCCCCCC)COC(OCC[N+](C)(C)C)C(=O)[O-]. The van der Waals surface area contributed by atoms with Gasteiger partial charge in [0.15, 0.2) is 12.4 Å². The molecule has 0 fully saturated rings. The number of esters is 2. The monoisotopic (exact) mass is 1080 g/mol. The van der Waals surface area contributed by atoms with E-state index >= 15 is 0 Å². The first kappa shape index (κ1) is 74.3. The van der Waals surface area contributed by atoms with Crippen LogP contribution in [0, 0.1) is 0 Å². The van der Waals surface area contributed by atoms with Crippen molar-refractivity contribution in [3.8, 4) is 0 Å². The molecule has 76 heavy (non-hydrogen) atoms. The van der Waals surface area contributed by atoms with E-state index in [1.165, 1.54) is 289 Å². The fourth-order valence-corrected chi connectivity index (χ4v) is 10.4. The van der Waals surface area contributed by atoms with Crippen LogP contribution < -0.4 is 5.11 Å². The molecule has 0 aliphatic carbocycles. The first-order valence-corrected chi connectivity index (χ1v) is 33.7. The highest BCUT2D eigenvalue weighted by Crippen LogP contribution is 2.19. The first-order valence-electron chi connectivity index (χ1n) is 33.7. The summed E-state index contributed by atoms with van der Waals surface area (Å²) in [7, 11) is 5.94. The molecule has 0 rings (SSSR count). The molecule has 0 N–H and O–H groups in total. The standard InChI is InChI=1S/C67H131NO8/c1-6-8-10-12-14-16-18-20-22-23-24-25-26-27-28-29-30-31-32-33-34-35-36-37-38-39-40-41-42-43-44-46-48-50-52-54-56-58-65(70)76-63(62-75-67(66(71)72)73-60-59-68(3,4)5)61-74-64(69)57-55-53-51-49-47-45-21-19-17-15-13-11-9-7-2/h63,67H,6-62H2,1-5H3. The molecule has 0 radical (unpaired) electrons. The summed E-state index contributed by atoms with van der Waals surface area (Å²) >= 11 is 0. The number of likely N-dealkylation sites (N-methyl/N-ethyl adjacent to an activating group) is 1. The first-order chi connectivity index (χ1) is 37.1. The Bertz CT molecular complexity index is 1210. The Morgan fingerprint density at radius 3 is 0.842 bits per heavy atom. The molecule has 452 valence electrons. The molecule has 2 atom stereocenters. The van der Waals surface area contributed by atoms with Gasteiger partial charge >= 0.3 is 11.9 Å². The van der Waals surface area contributed by atoms with Crippen LogP contribution in [0.1, 0.15) is 354 Å². The molecule has 0 aromatic rings. The molecule has 0 spiro atoms. The van der Waals surface area contributed by atoms with Crippen molar-refractivity contribution in [2.45, 2.75) is 367 Å². The second kappa shape index (κ2) is 59.4. The Morgan fingerprint density at radius 2 is 0.592 bits per heavy atom. The molecule has 0 heterocycles. The second-order valence-corrected chi connectivity index (χ2v) is 24.5. The van der Waals surface area contributed by atoms with Crippen LogP contribution >= 0.6 is 0 Å². The van der Waals surface area contributed by atoms with E-state index in [2.05, 4.69) is 13.8 Å². The predicted molar refractivity (Wildman–Crippen MR) is 320 cm³/mol. The van der Waals surface area contributed by atoms with Crippen molar-refractivity contribution in [3.05, 3.63) is 0 Å². The van der Waals surface area contributed by atoms with Gasteiger partial charge in [0, 0.05) is 12.8 Å². The van der Waals surface area contributed by atoms with Crippen LogP contribution in [0.3, 0.4) is 0 Å². The number of carboxylic acid groups (broad SMARTS) is 1. The highest BCUT2D eigenvalue weighted by molar-refractivity contribution is 5.70. The van der Waals surface area contributed by atoms with Gasteiger partial charge in [-0.25, -0.2) is 0 Å². The third-order valence-corrected chi connectivity index (χ3v) is 15.6. The lowest BCUT2D eigenvalue weighted by atomic mass is 10.0. The number of carbonyl (C=O) groups excluding carboxylic acids is 3. The van der Waals surface area contributed by atoms with Crippen molar-refractivity contribution < 1.29 is 42.9 Å². The van der Waals surface area contributed by atoms with Crippen LogP contribution in [-0.2, 0) is 33.3 Å². The predicted octanol–water partition coefficient (Wildman–Crippen LogP) is 19.0. The van der Waals surface area contributed by atoms with Gasteiger partial charge in [0.1, 0.15) is 13.2 Å². The number of rotatable bonds is 64. The number of ether oxygens (including phenoxy) is 4. The summed E-state index contributed by atoms with van der Waals surface area (Å²) in [5.74, 6) is -2.25. The highest BCUT2D eigenvalue weighted by Gasteiger charge is 2.22. The fraction of sp³-hybridized carbons (Fsp3) is 0.955. The molecule has 0 aromatic carbocycles. The normalized spacial score (nSPS) is 12.6. The molecule has 0 aliphatic rings. The summed E-state index contributed by atoms with van der Waals surface area (Å²) in [5, 5.41) is 11.8. The Morgan fingerprint density at radius 1 is 0.342 bits per heavy atom. The number of nitrogens with zero attached hydrogens (tertiary/aromatic N) is 1. The van der Waals surface area contributed by atoms with Crippen molar-refractivity contribution in [2.75, 3.05) is 47.5 Å². The molecule has 0 aromatic heterocycles. The van der Waals surface area contributed by atoms with E-state index in [9.17, 15) is 19.5 Å². The van der Waals surface area contributed by atoms with Crippen LogP contribution in [0.4, 0.5) is 0 Å². The van der Waals surface area contributed by atoms with Crippen LogP contribution in [0.5, 0.6) is 0 Å². The molecule has 0 amide bonds. The van der Waals surface area contributed by atoms with Gasteiger partial charge in [0.2, 0.25) is 0 Å². The number of hydrogen-bond acceptors (Lipinski definition) is 8. The third-order valence-electron chi connectivity index (χ3n) is 15.6. The minimum Gasteiger partial charge on any atom is -0.545 e. The summed E-state index contributed by atoms with van der Waals surface area (Å²) in [6.45, 7) is 4.82. The van der Waals surface area contributed by atoms with E-state index in [4.69, 9.17) is 18.9 Å². The minimum atomic E-state index is -1.61. The van der Waals surface area contributed by atoms with Gasteiger partial charge in [0.25, 0.3) is 0 Å². The molecule has 0 saturated carbocycles. The topological polar surface area (TPSA) is 111 Å². The quantitative estimate of drug-likeness (QED) is 0.0256. The van der Waals surface area contributed by atoms with Crippen LogP contribution in [-0.4, -0.2) is 82.3 Å². The Balaban J connectivity index is 3.91. The average Bonchev–Trinajstić information content (AvgIpc) is 3.39. The molecular weight excluding hydrogens is 947 g/mol. The number of aliphatic carboxylic acids is 1. The maximum absolute atomic E-state index is 12.9. The van der Waals surface area contributed by atoms with Gasteiger partial charge in [-0.15, -0.1) is 0 Å². The summed E-state index contributed by atoms with van der Waals surface area (Å²) in [6, 6.07) is 0. The van der Waals surface area contributed by atoms with E-state index in [1.807, 2.05) is 21.1 Å². The zero-order valence-electron chi connectivity index (χ0n) is 51.7. The lowest BCUT2D eigenvalue weighted by molar-refractivity contribution is -0.870. The van der Waals surface area contributed by atoms with Crippen molar-refractivity contribution in [2.24, 2.45) is 0 Å². The van der Waals surface area contributed by atoms with Crippen molar-refractivity contribution in [1.29, 1.82) is 0 Å². The zero-order chi connectivity index (χ0) is 55.5. The molecule has 0 bridgehead atoms. The van der Waals surface area contributed by atoms with Crippen LogP contribution in [0.25, 0.3) is 0 Å². The largest absolute Gasteiger partial charge is 0.545 e. The fourth-order valence-electron chi connectivity index (χ4n) is 10.4. The highest BCUT2D eigenvalue weighted by atomic mass is 16.7. The number of quaternary nitrogens is 1. The van der Waals surface area contributed by atoms with E-state index in [0.29, 0.717) is 17.4 Å². The van der Waals surface area contributed by atoms with Gasteiger partial charge in [-0.05, 0) is 12.8 Å². The maximum atomic E-state index is 12.9. The number of carboxylic acids is 1. The zero-order valence-corrected chi connectivity index (χ0v) is 51.7. The van der Waals surface area contributed by atoms with Crippen molar-refractivity contribution in [1.82, 2.24) is 0 Å². The Kier molecular flexibility index (Phi) is 58.1. The summed E-state index contributed by atoms with van der Waals surface area (Å²) in [4.78, 5) is 37.3. The molecule has 9 nitrogen and oxygen atoms in total. The lowest BCUT2D eigenvalue weighted by Crippen LogP contribution is -2.44. The van der Waals surface area contributed by atoms with E-state index in [1.54, 1.807) is 0 Å². The Hall–Kier alpha value is -1.71. The minimum absolute atomic E-state index is 0.153. The van der Waals surface area contributed by atoms with Crippen LogP contribution in [0.2, 0.25) is 0 Å². The third kappa shape index (κ3) is 59.9. The van der Waals surface area contributed by atoms with Gasteiger partial charge in [-0.3, -0.25) is 9.59 Å². The van der Waals surface area contributed by atoms with Crippen molar-refractivity contribution in [3.63, 3.8) is 0 Å². The van der Waals surface area contributed by atoms with Crippen LogP contribution in [0.15, 0.2) is 0 Å². The summed E-state index contributed by atoms with van der Waals surface area (Å²) in [5.41, 5.74) is 0. The lowest BCUT2D eigenvalue weighted by Gasteiger charge is -2.26. The molecule has 0 aliphatic heterocycles. The maximum Gasteiger partial charge on any atom is 0.306 e. The second-order valence-electron chi connectivity index (χ2n) is 24.5. The van der Waals surface area contributed by atoms with E-state index in [0.717, 1.165) is 38.5 Å². The molecule has 2 unspecified atom stereocenters. The average molecular weight is 1080 g/mol. The Labute approximate surface area is 473 Å². The number of hydrogen-bond donors (Lipinski definition) is 0. The smallest absolute Gasteiger partial charge is 0.306 e. The van der Waals surface area contributed by atoms with E-state index < -0.39 is 24.3 Å². The molecular formula is C67H131NO8. The van der Waals surface area contributed by atoms with Gasteiger partial charge < -0.3 is 33.3 Å². The van der Waals surface area contributed by atoms with Gasteiger partial charge in [-0.2, -0.15) is 0 Å². The van der Waals surface area contributed by atoms with Gasteiger partial charge in [-0.1, -0.05) is 328 Å². The molecule has 9 heteroatoms.